The maximum absolute atomic E-state index is 14.1. The Morgan fingerprint density at radius 1 is 1.09 bits per heavy atom. The van der Waals surface area contributed by atoms with Crippen molar-refractivity contribution in [1.82, 2.24) is 9.80 Å². The Bertz CT molecular complexity index is 1110. The third-order valence-corrected chi connectivity index (χ3v) is 8.68. The Morgan fingerprint density at radius 2 is 1.74 bits per heavy atom. The normalized spacial score (nSPS) is 26.0. The highest BCUT2D eigenvalue weighted by Crippen LogP contribution is 2.41. The Morgan fingerprint density at radius 3 is 2.35 bits per heavy atom. The van der Waals surface area contributed by atoms with Crippen molar-refractivity contribution in [2.75, 3.05) is 6.61 Å². The minimum absolute atomic E-state index is 0.0305. The number of nitrogens with zero attached hydrogens (tertiary/aromatic N) is 2. The van der Waals surface area contributed by atoms with Crippen LogP contribution in [-0.2, 0) is 30.3 Å². The van der Waals surface area contributed by atoms with E-state index in [1.807, 2.05) is 65.0 Å². The number of carbonyl (C=O) groups excluding carboxylic acids is 3. The van der Waals surface area contributed by atoms with Gasteiger partial charge in [-0.25, -0.2) is 14.5 Å². The molecule has 2 aliphatic heterocycles. The summed E-state index contributed by atoms with van der Waals surface area (Å²) in [5, 5.41) is 12.1. The number of benzene rings is 1. The van der Waals surface area contributed by atoms with Crippen molar-refractivity contribution in [2.24, 2.45) is 11.8 Å². The molecule has 43 heavy (non-hydrogen) atoms. The summed E-state index contributed by atoms with van der Waals surface area (Å²) in [7, 11) is 0. The SMILES string of the molecule is CC(C)C1COC(=O)N1C(=O)C(OCc1ccccc1)C(O)C1OC(C)(C)N(C(=O)OC(C)(C)C)[C@@H]1CC1CCCCC1. The highest BCUT2D eigenvalue weighted by atomic mass is 16.6. The number of ether oxygens (including phenoxy) is 4. The van der Waals surface area contributed by atoms with Crippen molar-refractivity contribution in [1.29, 1.82) is 0 Å². The maximum atomic E-state index is 14.1. The van der Waals surface area contributed by atoms with Crippen molar-refractivity contribution in [3.8, 4) is 0 Å². The third kappa shape index (κ3) is 7.88. The zero-order valence-electron chi connectivity index (χ0n) is 26.8. The number of hydrogen-bond donors (Lipinski definition) is 1. The van der Waals surface area contributed by atoms with E-state index in [9.17, 15) is 19.5 Å². The standard InChI is InChI=1S/C33H50N2O8/c1-21(2)25-20-41-30(38)34(25)29(37)28(40-19-23-16-12-9-13-17-23)26(36)27-24(18-22-14-10-8-11-15-22)35(33(6,7)42-27)31(39)43-32(3,4)5/h9,12-13,16-17,21-22,24-28,36H,8,10-11,14-15,18-20H2,1-7H3/t24-,25?,26?,27?,28?/m1/s1. The van der Waals surface area contributed by atoms with Crippen molar-refractivity contribution in [2.45, 2.75) is 135 Å². The fourth-order valence-corrected chi connectivity index (χ4v) is 6.55. The predicted octanol–water partition coefficient (Wildman–Crippen LogP) is 5.65. The number of aliphatic hydroxyl groups excluding tert-OH is 1. The fraction of sp³-hybridized carbons (Fsp3) is 0.727. The molecular weight excluding hydrogens is 552 g/mol. The number of carbonyl (C=O) groups is 3. The van der Waals surface area contributed by atoms with Crippen LogP contribution in [0.1, 0.15) is 92.6 Å². The molecule has 0 radical (unpaired) electrons. The van der Waals surface area contributed by atoms with Gasteiger partial charge in [-0.2, -0.15) is 0 Å². The van der Waals surface area contributed by atoms with Gasteiger partial charge in [0.25, 0.3) is 5.91 Å². The van der Waals surface area contributed by atoms with E-state index < -0.39 is 59.8 Å². The van der Waals surface area contributed by atoms with E-state index in [0.717, 1.165) is 36.1 Å². The topological polar surface area (TPSA) is 115 Å². The summed E-state index contributed by atoms with van der Waals surface area (Å²) in [6.07, 6.45) is 0.822. The smallest absolute Gasteiger partial charge is 0.417 e. The number of rotatable bonds is 9. The Labute approximate surface area is 256 Å². The number of aliphatic hydroxyl groups is 1. The molecule has 1 N–H and O–H groups in total. The summed E-state index contributed by atoms with van der Waals surface area (Å²) in [5.74, 6) is -0.419. The first-order valence-electron chi connectivity index (χ1n) is 15.7. The molecular formula is C33H50N2O8. The lowest BCUT2D eigenvalue weighted by atomic mass is 9.82. The molecule has 240 valence electrons. The van der Waals surface area contributed by atoms with E-state index in [4.69, 9.17) is 18.9 Å². The molecule has 3 aliphatic rings. The fourth-order valence-electron chi connectivity index (χ4n) is 6.55. The zero-order valence-corrected chi connectivity index (χ0v) is 26.8. The molecule has 5 atom stereocenters. The van der Waals surface area contributed by atoms with Crippen LogP contribution in [0.15, 0.2) is 30.3 Å². The molecule has 2 saturated heterocycles. The Kier molecular flexibility index (Phi) is 10.4. The predicted molar refractivity (Wildman–Crippen MR) is 160 cm³/mol. The van der Waals surface area contributed by atoms with Gasteiger partial charge in [0.2, 0.25) is 0 Å². The first-order valence-corrected chi connectivity index (χ1v) is 15.7. The Balaban J connectivity index is 1.69. The van der Waals surface area contributed by atoms with E-state index in [0.29, 0.717) is 12.3 Å². The lowest BCUT2D eigenvalue weighted by Crippen LogP contribution is -2.56. The van der Waals surface area contributed by atoms with Crippen LogP contribution in [0.3, 0.4) is 0 Å². The van der Waals surface area contributed by atoms with Crippen molar-refractivity contribution >= 4 is 18.1 Å². The van der Waals surface area contributed by atoms with Crippen molar-refractivity contribution in [3.05, 3.63) is 35.9 Å². The van der Waals surface area contributed by atoms with Gasteiger partial charge in [0, 0.05) is 0 Å². The third-order valence-electron chi connectivity index (χ3n) is 8.68. The molecule has 1 aromatic rings. The van der Waals surface area contributed by atoms with Crippen LogP contribution in [-0.4, -0.2) is 81.3 Å². The van der Waals surface area contributed by atoms with Crippen LogP contribution < -0.4 is 0 Å². The molecule has 2 heterocycles. The lowest BCUT2D eigenvalue weighted by molar-refractivity contribution is -0.167. The summed E-state index contributed by atoms with van der Waals surface area (Å²) >= 11 is 0. The lowest BCUT2D eigenvalue weighted by Gasteiger charge is -2.37. The number of amides is 3. The van der Waals surface area contributed by atoms with Gasteiger partial charge in [-0.05, 0) is 58.4 Å². The van der Waals surface area contributed by atoms with Gasteiger partial charge in [-0.1, -0.05) is 76.3 Å². The quantitative estimate of drug-likeness (QED) is 0.386. The van der Waals surface area contributed by atoms with Crippen LogP contribution in [0.5, 0.6) is 0 Å². The summed E-state index contributed by atoms with van der Waals surface area (Å²) in [6, 6.07) is 8.25. The molecule has 10 heteroatoms. The highest BCUT2D eigenvalue weighted by Gasteiger charge is 2.57. The molecule has 3 fully saturated rings. The molecule has 1 aromatic carbocycles. The number of imide groups is 1. The highest BCUT2D eigenvalue weighted by molar-refractivity contribution is 5.96. The van der Waals surface area contributed by atoms with Crippen molar-refractivity contribution < 1.29 is 38.4 Å². The van der Waals surface area contributed by atoms with E-state index >= 15 is 0 Å². The molecule has 1 saturated carbocycles. The Hall–Kier alpha value is -2.69. The average Bonchev–Trinajstić information content (AvgIpc) is 3.45. The van der Waals surface area contributed by atoms with Crippen LogP contribution in [0.25, 0.3) is 0 Å². The maximum Gasteiger partial charge on any atom is 0.417 e. The van der Waals surface area contributed by atoms with Crippen LogP contribution in [0.4, 0.5) is 9.59 Å². The summed E-state index contributed by atoms with van der Waals surface area (Å²) in [5.41, 5.74) is -1.06. The minimum Gasteiger partial charge on any atom is -0.447 e. The van der Waals surface area contributed by atoms with Gasteiger partial charge in [-0.3, -0.25) is 9.69 Å². The van der Waals surface area contributed by atoms with Gasteiger partial charge in [0.05, 0.1) is 18.7 Å². The first kappa shape index (κ1) is 33.2. The molecule has 0 bridgehead atoms. The monoisotopic (exact) mass is 602 g/mol. The van der Waals surface area contributed by atoms with E-state index in [-0.39, 0.29) is 19.1 Å². The molecule has 0 aromatic heterocycles. The molecule has 4 rings (SSSR count). The second-order valence-corrected chi connectivity index (χ2v) is 14.0. The van der Waals surface area contributed by atoms with Gasteiger partial charge >= 0.3 is 12.2 Å². The van der Waals surface area contributed by atoms with Crippen LogP contribution in [0.2, 0.25) is 0 Å². The molecule has 10 nitrogen and oxygen atoms in total. The van der Waals surface area contributed by atoms with Gasteiger partial charge in [-0.15, -0.1) is 0 Å². The second kappa shape index (κ2) is 13.5. The summed E-state index contributed by atoms with van der Waals surface area (Å²) in [6.45, 7) is 12.9. The zero-order chi connectivity index (χ0) is 31.5. The van der Waals surface area contributed by atoms with Crippen LogP contribution >= 0.6 is 0 Å². The van der Waals surface area contributed by atoms with Gasteiger partial charge in [0.1, 0.15) is 30.1 Å². The van der Waals surface area contributed by atoms with Gasteiger partial charge in [0.15, 0.2) is 6.10 Å². The van der Waals surface area contributed by atoms with Crippen LogP contribution in [0, 0.1) is 11.8 Å². The molecule has 3 amide bonds. The molecule has 1 aliphatic carbocycles. The summed E-state index contributed by atoms with van der Waals surface area (Å²) in [4.78, 5) is 43.2. The largest absolute Gasteiger partial charge is 0.447 e. The van der Waals surface area contributed by atoms with E-state index in [1.54, 1.807) is 18.7 Å². The minimum atomic E-state index is -1.49. The van der Waals surface area contributed by atoms with Gasteiger partial charge < -0.3 is 24.1 Å². The average molecular weight is 603 g/mol. The van der Waals surface area contributed by atoms with E-state index in [2.05, 4.69) is 0 Å². The summed E-state index contributed by atoms with van der Waals surface area (Å²) < 4.78 is 23.7. The number of cyclic esters (lactones) is 1. The molecule has 0 spiro atoms. The van der Waals surface area contributed by atoms with E-state index in [1.165, 1.54) is 6.42 Å². The molecule has 4 unspecified atom stereocenters. The first-order chi connectivity index (χ1) is 20.2. The second-order valence-electron chi connectivity index (χ2n) is 14.0. The van der Waals surface area contributed by atoms with Crippen molar-refractivity contribution in [3.63, 3.8) is 0 Å². The number of hydrogen-bond acceptors (Lipinski definition) is 8.